The standard InChI is InChI=1S/C15H27NSi/c1-7-13(3)15-11-12(2)10-14(16-15)8-9-17(4,5)6/h13-16H,2,7,10-11H2,1,3-6H3. The molecule has 0 bridgehead atoms. The molecule has 0 aromatic rings. The van der Waals surface area contributed by atoms with Gasteiger partial charge in [-0.1, -0.05) is 58.0 Å². The second-order valence-electron chi connectivity index (χ2n) is 6.39. The van der Waals surface area contributed by atoms with E-state index in [1.54, 1.807) is 0 Å². The van der Waals surface area contributed by atoms with E-state index in [-0.39, 0.29) is 0 Å². The molecular formula is C15H27NSi. The molecule has 0 aromatic carbocycles. The molecule has 0 aliphatic carbocycles. The molecule has 1 aliphatic rings. The molecule has 1 nitrogen and oxygen atoms in total. The summed E-state index contributed by atoms with van der Waals surface area (Å²) in [5.41, 5.74) is 4.84. The van der Waals surface area contributed by atoms with E-state index in [0.29, 0.717) is 18.0 Å². The second-order valence-corrected chi connectivity index (χ2v) is 11.1. The quantitative estimate of drug-likeness (QED) is 0.448. The highest BCUT2D eigenvalue weighted by atomic mass is 28.3. The van der Waals surface area contributed by atoms with Crippen LogP contribution in [0, 0.1) is 17.4 Å². The van der Waals surface area contributed by atoms with E-state index in [1.807, 2.05) is 0 Å². The molecule has 0 amide bonds. The number of nitrogens with one attached hydrogen (secondary N) is 1. The van der Waals surface area contributed by atoms with Crippen LogP contribution in [0.3, 0.4) is 0 Å². The van der Waals surface area contributed by atoms with E-state index < -0.39 is 8.07 Å². The van der Waals surface area contributed by atoms with Gasteiger partial charge in [-0.3, -0.25) is 0 Å². The number of piperidine rings is 1. The third kappa shape index (κ3) is 5.10. The van der Waals surface area contributed by atoms with Crippen molar-refractivity contribution in [1.82, 2.24) is 5.32 Å². The zero-order chi connectivity index (χ0) is 13.1. The predicted octanol–water partition coefficient (Wildman–Crippen LogP) is 3.59. The van der Waals surface area contributed by atoms with Crippen molar-refractivity contribution in [3.05, 3.63) is 12.2 Å². The third-order valence-electron chi connectivity index (χ3n) is 3.37. The summed E-state index contributed by atoms with van der Waals surface area (Å²) in [6.07, 6.45) is 3.38. The summed E-state index contributed by atoms with van der Waals surface area (Å²) in [7, 11) is -1.25. The second kappa shape index (κ2) is 5.89. The molecule has 1 N–H and O–H groups in total. The van der Waals surface area contributed by atoms with Crippen molar-refractivity contribution in [2.24, 2.45) is 5.92 Å². The van der Waals surface area contributed by atoms with Crippen molar-refractivity contribution in [3.8, 4) is 11.5 Å². The van der Waals surface area contributed by atoms with Crippen molar-refractivity contribution in [2.75, 3.05) is 0 Å². The van der Waals surface area contributed by atoms with Gasteiger partial charge in [0.05, 0.1) is 6.04 Å². The van der Waals surface area contributed by atoms with Crippen LogP contribution in [-0.2, 0) is 0 Å². The predicted molar refractivity (Wildman–Crippen MR) is 79.7 cm³/mol. The SMILES string of the molecule is C=C1CC(C#C[Si](C)(C)C)NC(C(C)CC)C1. The lowest BCUT2D eigenvalue weighted by Crippen LogP contribution is -2.45. The lowest BCUT2D eigenvalue weighted by molar-refractivity contribution is 0.318. The van der Waals surface area contributed by atoms with Gasteiger partial charge in [0, 0.05) is 6.04 Å². The molecule has 1 saturated heterocycles. The lowest BCUT2D eigenvalue weighted by Gasteiger charge is -2.33. The Morgan fingerprint density at radius 3 is 2.59 bits per heavy atom. The van der Waals surface area contributed by atoms with Crippen LogP contribution >= 0.6 is 0 Å². The fourth-order valence-corrected chi connectivity index (χ4v) is 2.71. The molecule has 3 unspecified atom stereocenters. The highest BCUT2D eigenvalue weighted by Crippen LogP contribution is 2.23. The first-order valence-corrected chi connectivity index (χ1v) is 10.3. The Hall–Kier alpha value is -0.523. The Labute approximate surface area is 108 Å². The van der Waals surface area contributed by atoms with Crippen LogP contribution in [0.4, 0.5) is 0 Å². The Morgan fingerprint density at radius 1 is 1.41 bits per heavy atom. The van der Waals surface area contributed by atoms with Gasteiger partial charge in [-0.05, 0) is 18.8 Å². The first-order valence-electron chi connectivity index (χ1n) is 6.77. The Kier molecular flexibility index (Phi) is 5.03. The molecule has 0 radical (unpaired) electrons. The maximum Gasteiger partial charge on any atom is 0.129 e. The van der Waals surface area contributed by atoms with E-state index in [1.165, 1.54) is 12.0 Å². The first kappa shape index (κ1) is 14.5. The van der Waals surface area contributed by atoms with Gasteiger partial charge in [-0.25, -0.2) is 0 Å². The molecule has 0 spiro atoms. The molecular weight excluding hydrogens is 222 g/mol. The monoisotopic (exact) mass is 249 g/mol. The first-order chi connectivity index (χ1) is 7.81. The van der Waals surface area contributed by atoms with Crippen LogP contribution in [0.2, 0.25) is 19.6 Å². The van der Waals surface area contributed by atoms with E-state index >= 15 is 0 Å². The molecule has 2 heteroatoms. The fraction of sp³-hybridized carbons (Fsp3) is 0.733. The molecule has 0 aromatic heterocycles. The minimum absolute atomic E-state index is 0.335. The van der Waals surface area contributed by atoms with Gasteiger partial charge < -0.3 is 5.32 Å². The summed E-state index contributed by atoms with van der Waals surface area (Å²) < 4.78 is 0. The van der Waals surface area contributed by atoms with Crippen molar-refractivity contribution in [3.63, 3.8) is 0 Å². The van der Waals surface area contributed by atoms with Crippen LogP contribution in [0.15, 0.2) is 12.2 Å². The average Bonchev–Trinajstić information content (AvgIpc) is 2.23. The number of rotatable bonds is 2. The van der Waals surface area contributed by atoms with Crippen LogP contribution in [0.1, 0.15) is 33.1 Å². The van der Waals surface area contributed by atoms with Gasteiger partial charge in [-0.2, -0.15) is 0 Å². The van der Waals surface area contributed by atoms with Gasteiger partial charge in [0.2, 0.25) is 0 Å². The maximum atomic E-state index is 4.18. The molecule has 1 fully saturated rings. The van der Waals surface area contributed by atoms with Crippen LogP contribution in [0.25, 0.3) is 0 Å². The average molecular weight is 249 g/mol. The Balaban J connectivity index is 2.68. The Bertz CT molecular complexity index is 329. The summed E-state index contributed by atoms with van der Waals surface area (Å²) in [5.74, 6) is 4.15. The van der Waals surface area contributed by atoms with Crippen molar-refractivity contribution >= 4 is 8.07 Å². The van der Waals surface area contributed by atoms with Gasteiger partial charge in [0.1, 0.15) is 8.07 Å². The molecule has 3 atom stereocenters. The summed E-state index contributed by atoms with van der Waals surface area (Å²) in [5, 5.41) is 3.69. The van der Waals surface area contributed by atoms with Gasteiger partial charge >= 0.3 is 0 Å². The number of hydrogen-bond donors (Lipinski definition) is 1. The molecule has 96 valence electrons. The van der Waals surface area contributed by atoms with Gasteiger partial charge in [0.15, 0.2) is 0 Å². The number of hydrogen-bond acceptors (Lipinski definition) is 1. The van der Waals surface area contributed by atoms with Crippen molar-refractivity contribution < 1.29 is 0 Å². The topological polar surface area (TPSA) is 12.0 Å². The minimum atomic E-state index is -1.25. The summed E-state index contributed by atoms with van der Waals surface area (Å²) in [4.78, 5) is 0. The lowest BCUT2D eigenvalue weighted by atomic mass is 9.87. The van der Waals surface area contributed by atoms with Crippen LogP contribution in [0.5, 0.6) is 0 Å². The minimum Gasteiger partial charge on any atom is -0.300 e. The third-order valence-corrected chi connectivity index (χ3v) is 4.26. The highest BCUT2D eigenvalue weighted by Gasteiger charge is 2.25. The van der Waals surface area contributed by atoms with Crippen molar-refractivity contribution in [1.29, 1.82) is 0 Å². The Morgan fingerprint density at radius 2 is 2.06 bits per heavy atom. The van der Waals surface area contributed by atoms with E-state index in [9.17, 15) is 0 Å². The molecule has 17 heavy (non-hydrogen) atoms. The van der Waals surface area contributed by atoms with Gasteiger partial charge in [-0.15, -0.1) is 5.54 Å². The largest absolute Gasteiger partial charge is 0.300 e. The van der Waals surface area contributed by atoms with Crippen LogP contribution < -0.4 is 5.32 Å². The van der Waals surface area contributed by atoms with E-state index in [0.717, 1.165) is 12.8 Å². The highest BCUT2D eigenvalue weighted by molar-refractivity contribution is 6.83. The van der Waals surface area contributed by atoms with Gasteiger partial charge in [0.25, 0.3) is 0 Å². The zero-order valence-corrected chi connectivity index (χ0v) is 13.1. The summed E-state index contributed by atoms with van der Waals surface area (Å²) in [6.45, 7) is 15.6. The summed E-state index contributed by atoms with van der Waals surface area (Å²) >= 11 is 0. The molecule has 1 aliphatic heterocycles. The molecule has 0 saturated carbocycles. The molecule has 1 heterocycles. The van der Waals surface area contributed by atoms with E-state index in [4.69, 9.17) is 0 Å². The molecule has 1 rings (SSSR count). The summed E-state index contributed by atoms with van der Waals surface area (Å²) in [6, 6.07) is 0.907. The smallest absolute Gasteiger partial charge is 0.129 e. The van der Waals surface area contributed by atoms with Crippen LogP contribution in [-0.4, -0.2) is 20.2 Å². The fourth-order valence-electron chi connectivity index (χ4n) is 2.11. The maximum absolute atomic E-state index is 4.18. The normalized spacial score (nSPS) is 27.2. The van der Waals surface area contributed by atoms with E-state index in [2.05, 4.69) is 56.8 Å². The zero-order valence-electron chi connectivity index (χ0n) is 12.1. The van der Waals surface area contributed by atoms with Crippen molar-refractivity contribution in [2.45, 2.75) is 64.8 Å².